The predicted octanol–water partition coefficient (Wildman–Crippen LogP) is -0.529. The monoisotopic (exact) mass is 128 g/mol. The normalized spacial score (nSPS) is 27.7. The van der Waals surface area contributed by atoms with Gasteiger partial charge in [0.15, 0.2) is 0 Å². The van der Waals surface area contributed by atoms with Gasteiger partial charge in [-0.15, -0.1) is 0 Å². The van der Waals surface area contributed by atoms with Crippen molar-refractivity contribution in [2.24, 2.45) is 11.7 Å². The van der Waals surface area contributed by atoms with Gasteiger partial charge in [-0.1, -0.05) is 0 Å². The van der Waals surface area contributed by atoms with E-state index in [4.69, 9.17) is 5.73 Å². The van der Waals surface area contributed by atoms with Crippen LogP contribution in [0, 0.1) is 5.92 Å². The van der Waals surface area contributed by atoms with Gasteiger partial charge in [0.25, 0.3) is 0 Å². The molecule has 52 valence electrons. The molecule has 3 N–H and O–H groups in total. The molecule has 1 saturated heterocycles. The van der Waals surface area contributed by atoms with Crippen LogP contribution in [0.2, 0.25) is 0 Å². The molecule has 0 aromatic rings. The molecule has 1 heterocycles. The van der Waals surface area contributed by atoms with E-state index in [1.165, 1.54) is 0 Å². The van der Waals surface area contributed by atoms with E-state index in [-0.39, 0.29) is 5.91 Å². The first-order valence-corrected chi connectivity index (χ1v) is 3.29. The molecule has 0 unspecified atom stereocenters. The molecule has 0 radical (unpaired) electrons. The smallest absolute Gasteiger partial charge is 0.220 e. The summed E-state index contributed by atoms with van der Waals surface area (Å²) in [5.41, 5.74) is 5.39. The standard InChI is InChI=1S/C6H12N2O/c7-4-5-1-2-8-6(9)3-5/h5H,1-4,7H2,(H,8,9)/t5-/m0/s1. The van der Waals surface area contributed by atoms with Crippen LogP contribution in [0.15, 0.2) is 0 Å². The van der Waals surface area contributed by atoms with Crippen molar-refractivity contribution in [1.82, 2.24) is 5.32 Å². The molecule has 1 rings (SSSR count). The largest absolute Gasteiger partial charge is 0.356 e. The van der Waals surface area contributed by atoms with Gasteiger partial charge >= 0.3 is 0 Å². The van der Waals surface area contributed by atoms with Crippen molar-refractivity contribution in [3.8, 4) is 0 Å². The third kappa shape index (κ3) is 1.68. The fourth-order valence-electron chi connectivity index (χ4n) is 1.05. The highest BCUT2D eigenvalue weighted by molar-refractivity contribution is 5.76. The second kappa shape index (κ2) is 2.82. The first kappa shape index (κ1) is 6.55. The second-order valence-corrected chi connectivity index (χ2v) is 2.44. The Hall–Kier alpha value is -0.570. The van der Waals surface area contributed by atoms with Crippen molar-refractivity contribution in [2.75, 3.05) is 13.1 Å². The first-order valence-electron chi connectivity index (χ1n) is 3.29. The summed E-state index contributed by atoms with van der Waals surface area (Å²) in [5.74, 6) is 0.579. The Morgan fingerprint density at radius 1 is 1.78 bits per heavy atom. The van der Waals surface area contributed by atoms with Crippen LogP contribution in [0.3, 0.4) is 0 Å². The van der Waals surface area contributed by atoms with E-state index in [1.807, 2.05) is 0 Å². The summed E-state index contributed by atoms with van der Waals surface area (Å²) in [4.78, 5) is 10.7. The van der Waals surface area contributed by atoms with Crippen molar-refractivity contribution in [2.45, 2.75) is 12.8 Å². The van der Waals surface area contributed by atoms with E-state index in [2.05, 4.69) is 5.32 Å². The van der Waals surface area contributed by atoms with E-state index in [0.29, 0.717) is 18.9 Å². The number of carbonyl (C=O) groups is 1. The van der Waals surface area contributed by atoms with Crippen molar-refractivity contribution >= 4 is 5.91 Å². The summed E-state index contributed by atoms with van der Waals surface area (Å²) in [6, 6.07) is 0. The third-order valence-electron chi connectivity index (χ3n) is 1.68. The Labute approximate surface area is 54.6 Å². The van der Waals surface area contributed by atoms with Crippen molar-refractivity contribution < 1.29 is 4.79 Å². The Morgan fingerprint density at radius 2 is 2.56 bits per heavy atom. The SMILES string of the molecule is NC[C@H]1CCNC(=O)C1. The number of piperidine rings is 1. The molecule has 1 aliphatic rings. The van der Waals surface area contributed by atoms with E-state index in [1.54, 1.807) is 0 Å². The van der Waals surface area contributed by atoms with Crippen molar-refractivity contribution in [3.63, 3.8) is 0 Å². The van der Waals surface area contributed by atoms with Crippen LogP contribution in [0.4, 0.5) is 0 Å². The molecule has 0 aromatic carbocycles. The van der Waals surface area contributed by atoms with Gasteiger partial charge in [0.05, 0.1) is 0 Å². The zero-order valence-electron chi connectivity index (χ0n) is 5.39. The Bertz CT molecular complexity index is 114. The molecular weight excluding hydrogens is 116 g/mol. The summed E-state index contributed by atoms with van der Waals surface area (Å²) in [6.45, 7) is 1.45. The predicted molar refractivity (Wildman–Crippen MR) is 34.8 cm³/mol. The summed E-state index contributed by atoms with van der Waals surface area (Å²) >= 11 is 0. The summed E-state index contributed by atoms with van der Waals surface area (Å²) in [7, 11) is 0. The highest BCUT2D eigenvalue weighted by atomic mass is 16.1. The van der Waals surface area contributed by atoms with Gasteiger partial charge in [-0.2, -0.15) is 0 Å². The zero-order chi connectivity index (χ0) is 6.69. The topological polar surface area (TPSA) is 55.1 Å². The van der Waals surface area contributed by atoms with Crippen LogP contribution in [0.25, 0.3) is 0 Å². The molecular formula is C6H12N2O. The fraction of sp³-hybridized carbons (Fsp3) is 0.833. The van der Waals surface area contributed by atoms with Crippen LogP contribution in [-0.2, 0) is 4.79 Å². The van der Waals surface area contributed by atoms with Crippen LogP contribution in [0.1, 0.15) is 12.8 Å². The molecule has 9 heavy (non-hydrogen) atoms. The minimum Gasteiger partial charge on any atom is -0.356 e. The molecule has 0 saturated carbocycles. The van der Waals surface area contributed by atoms with E-state index in [0.717, 1.165) is 13.0 Å². The highest BCUT2D eigenvalue weighted by Gasteiger charge is 2.16. The molecule has 3 nitrogen and oxygen atoms in total. The lowest BCUT2D eigenvalue weighted by Crippen LogP contribution is -2.36. The van der Waals surface area contributed by atoms with Crippen molar-refractivity contribution in [3.05, 3.63) is 0 Å². The third-order valence-corrected chi connectivity index (χ3v) is 1.68. The molecule has 0 aliphatic carbocycles. The molecule has 1 fully saturated rings. The summed E-state index contributed by atoms with van der Waals surface area (Å²) in [5, 5.41) is 2.75. The number of amides is 1. The number of nitrogens with one attached hydrogen (secondary N) is 1. The number of hydrogen-bond donors (Lipinski definition) is 2. The zero-order valence-corrected chi connectivity index (χ0v) is 5.39. The quantitative estimate of drug-likeness (QED) is 0.499. The molecule has 1 amide bonds. The van der Waals surface area contributed by atoms with E-state index >= 15 is 0 Å². The molecule has 0 spiro atoms. The van der Waals surface area contributed by atoms with Crippen LogP contribution >= 0.6 is 0 Å². The lowest BCUT2D eigenvalue weighted by molar-refractivity contribution is -0.123. The average molecular weight is 128 g/mol. The minimum atomic E-state index is 0.150. The van der Waals surface area contributed by atoms with E-state index in [9.17, 15) is 4.79 Å². The molecule has 1 atom stereocenters. The Morgan fingerprint density at radius 3 is 3.00 bits per heavy atom. The lowest BCUT2D eigenvalue weighted by Gasteiger charge is -2.19. The maximum atomic E-state index is 10.7. The highest BCUT2D eigenvalue weighted by Crippen LogP contribution is 2.09. The Kier molecular flexibility index (Phi) is 2.05. The number of nitrogens with two attached hydrogens (primary N) is 1. The van der Waals surface area contributed by atoms with E-state index < -0.39 is 0 Å². The maximum absolute atomic E-state index is 10.7. The average Bonchev–Trinajstić information content (AvgIpc) is 1.88. The molecule has 0 aromatic heterocycles. The fourth-order valence-corrected chi connectivity index (χ4v) is 1.05. The van der Waals surface area contributed by atoms with Crippen molar-refractivity contribution in [1.29, 1.82) is 0 Å². The van der Waals surface area contributed by atoms with Crippen LogP contribution in [0.5, 0.6) is 0 Å². The summed E-state index contributed by atoms with van der Waals surface area (Å²) < 4.78 is 0. The lowest BCUT2D eigenvalue weighted by atomic mass is 9.98. The maximum Gasteiger partial charge on any atom is 0.220 e. The number of rotatable bonds is 1. The van der Waals surface area contributed by atoms with Gasteiger partial charge in [0.2, 0.25) is 5.91 Å². The van der Waals surface area contributed by atoms with Crippen LogP contribution in [-0.4, -0.2) is 19.0 Å². The van der Waals surface area contributed by atoms with Gasteiger partial charge < -0.3 is 11.1 Å². The first-order chi connectivity index (χ1) is 4.33. The van der Waals surface area contributed by atoms with Gasteiger partial charge in [-0.25, -0.2) is 0 Å². The Balaban J connectivity index is 2.32. The second-order valence-electron chi connectivity index (χ2n) is 2.44. The minimum absolute atomic E-state index is 0.150. The van der Waals surface area contributed by atoms with Gasteiger partial charge in [-0.3, -0.25) is 4.79 Å². The van der Waals surface area contributed by atoms with Gasteiger partial charge in [0, 0.05) is 13.0 Å². The van der Waals surface area contributed by atoms with Crippen LogP contribution < -0.4 is 11.1 Å². The summed E-state index contributed by atoms with van der Waals surface area (Å²) in [6.07, 6.45) is 1.67. The molecule has 0 bridgehead atoms. The number of hydrogen-bond acceptors (Lipinski definition) is 2. The van der Waals surface area contributed by atoms with Gasteiger partial charge in [0.1, 0.15) is 0 Å². The number of carbonyl (C=O) groups excluding carboxylic acids is 1. The molecule has 1 aliphatic heterocycles. The molecule has 3 heteroatoms. The van der Waals surface area contributed by atoms with Gasteiger partial charge in [-0.05, 0) is 18.9 Å².